The van der Waals surface area contributed by atoms with E-state index in [1.165, 1.54) is 0 Å². The number of piperazine rings is 1. The summed E-state index contributed by atoms with van der Waals surface area (Å²) in [6.45, 7) is 7.77. The van der Waals surface area contributed by atoms with Gasteiger partial charge in [0, 0.05) is 45.0 Å². The van der Waals surface area contributed by atoms with Crippen molar-refractivity contribution in [1.29, 1.82) is 0 Å². The SMILES string of the molecule is CC(C)c1ccccc1NC(=O)CN1CCN(S(=O)(=O)N2CCCCCC2)CC1. The van der Waals surface area contributed by atoms with Crippen molar-refractivity contribution in [2.45, 2.75) is 45.4 Å². The van der Waals surface area contributed by atoms with Gasteiger partial charge < -0.3 is 5.32 Å². The van der Waals surface area contributed by atoms with Gasteiger partial charge in [0.25, 0.3) is 10.2 Å². The summed E-state index contributed by atoms with van der Waals surface area (Å²) in [4.78, 5) is 14.6. The van der Waals surface area contributed by atoms with Crippen LogP contribution in [0.1, 0.15) is 51.0 Å². The standard InChI is InChI=1S/C21H34N4O3S/c1-18(2)19-9-5-6-10-20(19)22-21(26)17-23-13-15-25(16-14-23)29(27,28)24-11-7-3-4-8-12-24/h5-6,9-10,18H,3-4,7-8,11-17H2,1-2H3,(H,22,26). The highest BCUT2D eigenvalue weighted by atomic mass is 32.2. The lowest BCUT2D eigenvalue weighted by Crippen LogP contribution is -2.54. The molecule has 0 atom stereocenters. The number of amides is 1. The Kier molecular flexibility index (Phi) is 7.67. The largest absolute Gasteiger partial charge is 0.325 e. The maximum Gasteiger partial charge on any atom is 0.282 e. The van der Waals surface area contributed by atoms with Crippen molar-refractivity contribution in [3.8, 4) is 0 Å². The van der Waals surface area contributed by atoms with Gasteiger partial charge in [-0.3, -0.25) is 9.69 Å². The summed E-state index contributed by atoms with van der Waals surface area (Å²) in [5.41, 5.74) is 1.98. The van der Waals surface area contributed by atoms with Gasteiger partial charge >= 0.3 is 0 Å². The quantitative estimate of drug-likeness (QED) is 0.764. The number of carbonyl (C=O) groups is 1. The molecule has 2 heterocycles. The van der Waals surface area contributed by atoms with E-state index in [1.54, 1.807) is 8.61 Å². The van der Waals surface area contributed by atoms with Crippen molar-refractivity contribution in [2.24, 2.45) is 0 Å². The van der Waals surface area contributed by atoms with Gasteiger partial charge in [-0.2, -0.15) is 17.0 Å². The molecule has 0 bridgehead atoms. The Bertz CT molecular complexity index is 781. The third-order valence-electron chi connectivity index (χ3n) is 5.77. The fourth-order valence-corrected chi connectivity index (χ4v) is 5.73. The molecule has 0 saturated carbocycles. The number of benzene rings is 1. The number of hydrogen-bond acceptors (Lipinski definition) is 4. The van der Waals surface area contributed by atoms with E-state index in [0.717, 1.165) is 36.9 Å². The Morgan fingerprint density at radius 3 is 2.14 bits per heavy atom. The van der Waals surface area contributed by atoms with Crippen LogP contribution < -0.4 is 5.32 Å². The second-order valence-electron chi connectivity index (χ2n) is 8.29. The second-order valence-corrected chi connectivity index (χ2v) is 10.2. The molecule has 0 aliphatic carbocycles. The zero-order valence-corrected chi connectivity index (χ0v) is 18.5. The fourth-order valence-electron chi connectivity index (χ4n) is 4.06. The minimum atomic E-state index is -3.38. The molecule has 8 heteroatoms. The molecule has 2 fully saturated rings. The van der Waals surface area contributed by atoms with E-state index in [1.807, 2.05) is 29.2 Å². The van der Waals surface area contributed by atoms with E-state index in [4.69, 9.17) is 0 Å². The van der Waals surface area contributed by atoms with Crippen LogP contribution in [0.25, 0.3) is 0 Å². The van der Waals surface area contributed by atoms with Gasteiger partial charge in [-0.05, 0) is 30.4 Å². The first kappa shape index (κ1) is 22.2. The molecule has 2 aliphatic rings. The van der Waals surface area contributed by atoms with Crippen molar-refractivity contribution in [1.82, 2.24) is 13.5 Å². The van der Waals surface area contributed by atoms with E-state index < -0.39 is 10.2 Å². The molecule has 1 aromatic carbocycles. The highest BCUT2D eigenvalue weighted by Gasteiger charge is 2.32. The van der Waals surface area contributed by atoms with Gasteiger partial charge in [0.1, 0.15) is 0 Å². The third-order valence-corrected chi connectivity index (χ3v) is 7.81. The zero-order chi connectivity index (χ0) is 20.9. The smallest absolute Gasteiger partial charge is 0.282 e. The number of rotatable bonds is 6. The van der Waals surface area contributed by atoms with Crippen LogP contribution in [0.4, 0.5) is 5.69 Å². The number of carbonyl (C=O) groups excluding carboxylic acids is 1. The van der Waals surface area contributed by atoms with Crippen LogP contribution >= 0.6 is 0 Å². The van der Waals surface area contributed by atoms with Crippen LogP contribution in [-0.4, -0.2) is 73.6 Å². The van der Waals surface area contributed by atoms with E-state index in [0.29, 0.717) is 45.2 Å². The van der Waals surface area contributed by atoms with Gasteiger partial charge in [-0.1, -0.05) is 44.9 Å². The zero-order valence-electron chi connectivity index (χ0n) is 17.6. The normalized spacial score (nSPS) is 20.5. The Morgan fingerprint density at radius 1 is 0.931 bits per heavy atom. The lowest BCUT2D eigenvalue weighted by Gasteiger charge is -2.36. The fraction of sp³-hybridized carbons (Fsp3) is 0.667. The highest BCUT2D eigenvalue weighted by Crippen LogP contribution is 2.23. The molecule has 7 nitrogen and oxygen atoms in total. The lowest BCUT2D eigenvalue weighted by molar-refractivity contribution is -0.117. The van der Waals surface area contributed by atoms with Crippen LogP contribution in [-0.2, 0) is 15.0 Å². The first-order valence-electron chi connectivity index (χ1n) is 10.7. The second kappa shape index (κ2) is 10.0. The number of hydrogen-bond donors (Lipinski definition) is 1. The van der Waals surface area contributed by atoms with Crippen LogP contribution in [0.15, 0.2) is 24.3 Å². The number of nitrogens with zero attached hydrogens (tertiary/aromatic N) is 3. The van der Waals surface area contributed by atoms with E-state index in [-0.39, 0.29) is 12.5 Å². The van der Waals surface area contributed by atoms with Gasteiger partial charge in [0.05, 0.1) is 6.54 Å². The molecule has 29 heavy (non-hydrogen) atoms. The highest BCUT2D eigenvalue weighted by molar-refractivity contribution is 7.86. The summed E-state index contributed by atoms with van der Waals surface area (Å²) in [5.74, 6) is 0.279. The molecular formula is C21H34N4O3S. The molecule has 162 valence electrons. The van der Waals surface area contributed by atoms with Gasteiger partial charge in [0.2, 0.25) is 5.91 Å². The average Bonchev–Trinajstić information content (AvgIpc) is 2.99. The molecule has 1 aromatic rings. The van der Waals surface area contributed by atoms with Crippen molar-refractivity contribution in [2.75, 3.05) is 51.1 Å². The third kappa shape index (κ3) is 5.78. The average molecular weight is 423 g/mol. The molecule has 0 spiro atoms. The van der Waals surface area contributed by atoms with Gasteiger partial charge in [0.15, 0.2) is 0 Å². The summed E-state index contributed by atoms with van der Waals surface area (Å²) >= 11 is 0. The monoisotopic (exact) mass is 422 g/mol. The van der Waals surface area contributed by atoms with Gasteiger partial charge in [-0.15, -0.1) is 0 Å². The minimum absolute atomic E-state index is 0.0538. The molecule has 1 amide bonds. The van der Waals surface area contributed by atoms with Crippen molar-refractivity contribution in [3.63, 3.8) is 0 Å². The summed E-state index contributed by atoms with van der Waals surface area (Å²) < 4.78 is 29.1. The lowest BCUT2D eigenvalue weighted by atomic mass is 10.0. The number of nitrogens with one attached hydrogen (secondary N) is 1. The maximum atomic E-state index is 12.9. The molecule has 2 aliphatic heterocycles. The molecule has 1 N–H and O–H groups in total. The molecule has 3 rings (SSSR count). The Balaban J connectivity index is 1.51. The van der Waals surface area contributed by atoms with Crippen LogP contribution in [0.3, 0.4) is 0 Å². The van der Waals surface area contributed by atoms with Crippen LogP contribution in [0, 0.1) is 0 Å². The molecule has 0 unspecified atom stereocenters. The van der Waals surface area contributed by atoms with Crippen molar-refractivity contribution < 1.29 is 13.2 Å². The van der Waals surface area contributed by atoms with Crippen molar-refractivity contribution >= 4 is 21.8 Å². The van der Waals surface area contributed by atoms with E-state index in [2.05, 4.69) is 19.2 Å². The summed E-state index contributed by atoms with van der Waals surface area (Å²) in [5, 5.41) is 3.02. The van der Waals surface area contributed by atoms with E-state index >= 15 is 0 Å². The first-order chi connectivity index (χ1) is 13.9. The molecule has 0 radical (unpaired) electrons. The maximum absolute atomic E-state index is 12.9. The van der Waals surface area contributed by atoms with Crippen LogP contribution in [0.2, 0.25) is 0 Å². The Labute approximate surface area is 175 Å². The first-order valence-corrected chi connectivity index (χ1v) is 12.1. The molecular weight excluding hydrogens is 388 g/mol. The molecule has 2 saturated heterocycles. The van der Waals surface area contributed by atoms with Gasteiger partial charge in [-0.25, -0.2) is 0 Å². The number of para-hydroxylation sites is 1. The topological polar surface area (TPSA) is 73.0 Å². The predicted octanol–water partition coefficient (Wildman–Crippen LogP) is 2.49. The van der Waals surface area contributed by atoms with Crippen molar-refractivity contribution in [3.05, 3.63) is 29.8 Å². The minimum Gasteiger partial charge on any atom is -0.325 e. The van der Waals surface area contributed by atoms with Crippen LogP contribution in [0.5, 0.6) is 0 Å². The Hall–Kier alpha value is -1.48. The predicted molar refractivity (Wildman–Crippen MR) is 116 cm³/mol. The summed E-state index contributed by atoms with van der Waals surface area (Å²) in [7, 11) is -3.38. The Morgan fingerprint density at radius 2 is 1.52 bits per heavy atom. The summed E-state index contributed by atoms with van der Waals surface area (Å²) in [6.07, 6.45) is 4.10. The number of anilines is 1. The summed E-state index contributed by atoms with van der Waals surface area (Å²) in [6, 6.07) is 7.87. The van der Waals surface area contributed by atoms with E-state index in [9.17, 15) is 13.2 Å². The molecule has 0 aromatic heterocycles.